The van der Waals surface area contributed by atoms with Gasteiger partial charge in [0.2, 0.25) is 0 Å². The van der Waals surface area contributed by atoms with E-state index in [-0.39, 0.29) is 41.7 Å². The van der Waals surface area contributed by atoms with E-state index in [0.29, 0.717) is 50.8 Å². The van der Waals surface area contributed by atoms with Gasteiger partial charge >= 0.3 is 6.01 Å². The van der Waals surface area contributed by atoms with Crippen LogP contribution in [0.3, 0.4) is 0 Å². The molecule has 0 spiro atoms. The largest absolute Gasteiger partial charge is 0.506 e. The molecule has 2 unspecified atom stereocenters. The van der Waals surface area contributed by atoms with Crippen LogP contribution in [0, 0.1) is 5.82 Å². The molecule has 4 aliphatic heterocycles. The number of fused-ring (bicyclic) bond motifs is 2. The average molecular weight is 502 g/mol. The van der Waals surface area contributed by atoms with E-state index in [9.17, 15) is 18.7 Å². The van der Waals surface area contributed by atoms with Crippen molar-refractivity contribution in [3.05, 3.63) is 35.3 Å². The Bertz CT molecular complexity index is 1160. The van der Waals surface area contributed by atoms with Crippen LogP contribution >= 0.6 is 0 Å². The number of aromatic hydroxyl groups is 1. The van der Waals surface area contributed by atoms with E-state index in [0.717, 1.165) is 25.8 Å². The second-order valence-electron chi connectivity index (χ2n) is 9.97. The van der Waals surface area contributed by atoms with E-state index in [4.69, 9.17) is 9.47 Å². The number of phenolic OH excluding ortho intramolecular Hbond substituents is 1. The number of anilines is 2. The zero-order valence-electron chi connectivity index (χ0n) is 20.0. The summed E-state index contributed by atoms with van der Waals surface area (Å²) in [6.07, 6.45) is 2.16. The first-order valence-corrected chi connectivity index (χ1v) is 12.5. The first kappa shape index (κ1) is 23.4. The van der Waals surface area contributed by atoms with Crippen LogP contribution < -0.4 is 14.5 Å². The van der Waals surface area contributed by atoms with E-state index in [1.807, 2.05) is 4.90 Å². The van der Waals surface area contributed by atoms with Crippen molar-refractivity contribution in [2.24, 2.45) is 0 Å². The molecule has 3 saturated heterocycles. The summed E-state index contributed by atoms with van der Waals surface area (Å²) in [5.74, 6) is -1.09. The number of alkyl halides is 1. The number of ether oxygens (including phenoxy) is 2. The molecule has 0 saturated carbocycles. The summed E-state index contributed by atoms with van der Waals surface area (Å²) in [5.41, 5.74) is 0.133. The van der Waals surface area contributed by atoms with Gasteiger partial charge in [0.1, 0.15) is 35.6 Å². The average Bonchev–Trinajstić information content (AvgIpc) is 3.38. The quantitative estimate of drug-likeness (QED) is 0.669. The maximum absolute atomic E-state index is 14.7. The fraction of sp³-hybridized carbons (Fsp3) is 0.560. The second kappa shape index (κ2) is 9.11. The number of carbonyl (C=O) groups is 1. The van der Waals surface area contributed by atoms with Gasteiger partial charge in [-0.1, -0.05) is 6.07 Å². The summed E-state index contributed by atoms with van der Waals surface area (Å²) in [4.78, 5) is 28.0. The Morgan fingerprint density at radius 2 is 2.08 bits per heavy atom. The third-order valence-corrected chi connectivity index (χ3v) is 7.70. The number of hydrogen-bond acceptors (Lipinski definition) is 8. The SMILES string of the molecule is O=C1c2c(nc(OCC34CCCN3CC(F)C4)nc2N2CCCOCC2)CN1c1c(O)cccc1F. The number of amides is 1. The Hall–Kier alpha value is -3.05. The Labute approximate surface area is 207 Å². The van der Waals surface area contributed by atoms with E-state index in [1.54, 1.807) is 0 Å². The van der Waals surface area contributed by atoms with Crippen molar-refractivity contribution in [1.29, 1.82) is 0 Å². The summed E-state index contributed by atoms with van der Waals surface area (Å²) in [6, 6.07) is 4.04. The highest BCUT2D eigenvalue weighted by molar-refractivity contribution is 6.13. The number of aromatic nitrogens is 2. The van der Waals surface area contributed by atoms with E-state index >= 15 is 0 Å². The normalized spacial score (nSPS) is 26.3. The predicted molar refractivity (Wildman–Crippen MR) is 127 cm³/mol. The standard InChI is InChI=1S/C25H29F2N5O4/c26-16-12-25(6-2-8-31(25)13-16)15-36-24-28-18-14-32(21-17(27)4-1-5-19(21)33)23(34)20(18)22(29-24)30-7-3-10-35-11-9-30/h1,4-5,16,33H,2-3,6-15H2. The lowest BCUT2D eigenvalue weighted by molar-refractivity contribution is 0.0994. The van der Waals surface area contributed by atoms with E-state index in [2.05, 4.69) is 14.9 Å². The lowest BCUT2D eigenvalue weighted by atomic mass is 9.95. The van der Waals surface area contributed by atoms with Gasteiger partial charge < -0.3 is 19.5 Å². The number of nitrogens with zero attached hydrogens (tertiary/aromatic N) is 5. The van der Waals surface area contributed by atoms with Gasteiger partial charge in [-0.2, -0.15) is 9.97 Å². The van der Waals surface area contributed by atoms with Gasteiger partial charge in [0.25, 0.3) is 5.91 Å². The highest BCUT2D eigenvalue weighted by Crippen LogP contribution is 2.42. The molecule has 0 radical (unpaired) electrons. The molecule has 6 rings (SSSR count). The Kier molecular flexibility index (Phi) is 5.91. The first-order chi connectivity index (χ1) is 17.4. The molecule has 11 heteroatoms. The summed E-state index contributed by atoms with van der Waals surface area (Å²) in [6.45, 7) is 3.76. The smallest absolute Gasteiger partial charge is 0.318 e. The minimum absolute atomic E-state index is 0.0251. The second-order valence-corrected chi connectivity index (χ2v) is 9.97. The van der Waals surface area contributed by atoms with Crippen LogP contribution in [0.15, 0.2) is 18.2 Å². The third kappa shape index (κ3) is 3.94. The molecule has 4 aliphatic rings. The zero-order chi connectivity index (χ0) is 24.9. The third-order valence-electron chi connectivity index (χ3n) is 7.70. The van der Waals surface area contributed by atoms with Crippen molar-refractivity contribution >= 4 is 17.4 Å². The van der Waals surface area contributed by atoms with Gasteiger partial charge in [-0.3, -0.25) is 14.6 Å². The molecule has 9 nitrogen and oxygen atoms in total. The molecule has 5 heterocycles. The van der Waals surface area contributed by atoms with Crippen LogP contribution in [0.5, 0.6) is 11.8 Å². The molecule has 36 heavy (non-hydrogen) atoms. The molecule has 192 valence electrons. The molecule has 2 atom stereocenters. The molecule has 1 aromatic heterocycles. The van der Waals surface area contributed by atoms with E-state index in [1.165, 1.54) is 23.1 Å². The Morgan fingerprint density at radius 3 is 2.94 bits per heavy atom. The number of para-hydroxylation sites is 1. The molecule has 1 aromatic carbocycles. The van der Waals surface area contributed by atoms with Crippen LogP contribution in [-0.4, -0.2) is 83.6 Å². The number of halogens is 2. The number of benzene rings is 1. The van der Waals surface area contributed by atoms with Crippen molar-refractivity contribution in [3.63, 3.8) is 0 Å². The lowest BCUT2D eigenvalue weighted by Gasteiger charge is -2.31. The van der Waals surface area contributed by atoms with Crippen molar-refractivity contribution in [2.75, 3.05) is 55.8 Å². The van der Waals surface area contributed by atoms with Crippen molar-refractivity contribution in [3.8, 4) is 11.8 Å². The van der Waals surface area contributed by atoms with Gasteiger partial charge in [-0.05, 0) is 37.9 Å². The highest BCUT2D eigenvalue weighted by Gasteiger charge is 2.49. The van der Waals surface area contributed by atoms with Crippen LogP contribution in [0.2, 0.25) is 0 Å². The fourth-order valence-corrected chi connectivity index (χ4v) is 6.01. The summed E-state index contributed by atoms with van der Waals surface area (Å²) in [7, 11) is 0. The Morgan fingerprint density at radius 1 is 1.19 bits per heavy atom. The highest BCUT2D eigenvalue weighted by atomic mass is 19.1. The molecule has 1 N–H and O–H groups in total. The predicted octanol–water partition coefficient (Wildman–Crippen LogP) is 2.66. The van der Waals surface area contributed by atoms with Gasteiger partial charge in [-0.15, -0.1) is 0 Å². The van der Waals surface area contributed by atoms with Crippen molar-refractivity contribution in [2.45, 2.75) is 43.9 Å². The fourth-order valence-electron chi connectivity index (χ4n) is 6.01. The number of hydrogen-bond donors (Lipinski definition) is 1. The van der Waals surface area contributed by atoms with Gasteiger partial charge in [0, 0.05) is 32.7 Å². The molecule has 2 aromatic rings. The summed E-state index contributed by atoms with van der Waals surface area (Å²) < 4.78 is 40.6. The summed E-state index contributed by atoms with van der Waals surface area (Å²) >= 11 is 0. The molecule has 0 aliphatic carbocycles. The maximum Gasteiger partial charge on any atom is 0.318 e. The first-order valence-electron chi connectivity index (χ1n) is 12.5. The lowest BCUT2D eigenvalue weighted by Crippen LogP contribution is -2.43. The number of phenols is 1. The molecular weight excluding hydrogens is 472 g/mol. The Balaban J connectivity index is 1.35. The topological polar surface area (TPSA) is 91.3 Å². The molecule has 1 amide bonds. The monoisotopic (exact) mass is 501 g/mol. The van der Waals surface area contributed by atoms with Crippen molar-refractivity contribution < 1.29 is 28.2 Å². The molecule has 3 fully saturated rings. The maximum atomic E-state index is 14.7. The van der Waals surface area contributed by atoms with Crippen molar-refractivity contribution in [1.82, 2.24) is 14.9 Å². The molecular formula is C25H29F2N5O4. The van der Waals surface area contributed by atoms with Crippen LogP contribution in [0.25, 0.3) is 0 Å². The number of rotatable bonds is 5. The molecule has 0 bridgehead atoms. The minimum atomic E-state index is -0.873. The zero-order valence-corrected chi connectivity index (χ0v) is 20.0. The van der Waals surface area contributed by atoms with Gasteiger partial charge in [-0.25, -0.2) is 8.78 Å². The minimum Gasteiger partial charge on any atom is -0.506 e. The van der Waals surface area contributed by atoms with Gasteiger partial charge in [0.05, 0.1) is 24.4 Å². The van der Waals surface area contributed by atoms with Crippen LogP contribution in [0.4, 0.5) is 20.3 Å². The van der Waals surface area contributed by atoms with E-state index < -0.39 is 17.9 Å². The number of carbonyl (C=O) groups excluding carboxylic acids is 1. The van der Waals surface area contributed by atoms with Gasteiger partial charge in [0.15, 0.2) is 5.82 Å². The van der Waals surface area contributed by atoms with Crippen LogP contribution in [0.1, 0.15) is 41.7 Å². The van der Waals surface area contributed by atoms with Crippen LogP contribution in [-0.2, 0) is 11.3 Å². The summed E-state index contributed by atoms with van der Waals surface area (Å²) in [5, 5.41) is 10.3.